The fourth-order valence-electron chi connectivity index (χ4n) is 2.73. The van der Waals surface area contributed by atoms with E-state index in [1.54, 1.807) is 15.8 Å². The molecule has 0 spiro atoms. The van der Waals surface area contributed by atoms with Crippen molar-refractivity contribution < 1.29 is 17.9 Å². The van der Waals surface area contributed by atoms with Gasteiger partial charge in [0, 0.05) is 19.3 Å². The normalized spacial score (nSPS) is 18.2. The molecule has 1 aliphatic rings. The van der Waals surface area contributed by atoms with Crippen molar-refractivity contribution in [2.75, 3.05) is 24.6 Å². The number of ether oxygens (including phenoxy) is 1. The Morgan fingerprint density at radius 1 is 1.40 bits per heavy atom. The summed E-state index contributed by atoms with van der Waals surface area (Å²) in [4.78, 5) is 5.35. The third-order valence-corrected chi connectivity index (χ3v) is 3.88. The lowest BCUT2D eigenvalue weighted by Crippen LogP contribution is -2.45. The number of pyridine rings is 1. The highest BCUT2D eigenvalue weighted by Crippen LogP contribution is 2.31. The summed E-state index contributed by atoms with van der Waals surface area (Å²) in [6.07, 6.45) is -1.22. The van der Waals surface area contributed by atoms with Crippen LogP contribution in [0.2, 0.25) is 0 Å². The largest absolute Gasteiger partial charge is 0.433 e. The number of aromatic nitrogens is 3. The molecule has 0 amide bonds. The molecule has 1 unspecified atom stereocenters. The average molecular weight is 351 g/mol. The van der Waals surface area contributed by atoms with E-state index < -0.39 is 11.9 Å². The molecule has 1 atom stereocenters. The van der Waals surface area contributed by atoms with E-state index in [-0.39, 0.29) is 17.5 Å². The fourth-order valence-corrected chi connectivity index (χ4v) is 2.73. The standard InChI is InChI=1S/C16H16F3N5O/c1-11-7-21-24(8-11)10-13-9-23(4-5-25-13)15-12(6-20)2-3-14(22-15)16(17,18)19/h2-3,7-8,13H,4-5,9-10H2,1H3. The Morgan fingerprint density at radius 2 is 2.20 bits per heavy atom. The van der Waals surface area contributed by atoms with Crippen molar-refractivity contribution in [3.05, 3.63) is 41.3 Å². The van der Waals surface area contributed by atoms with Gasteiger partial charge in [0.1, 0.15) is 17.6 Å². The van der Waals surface area contributed by atoms with Gasteiger partial charge in [0.2, 0.25) is 0 Å². The smallest absolute Gasteiger partial charge is 0.373 e. The number of morpholine rings is 1. The summed E-state index contributed by atoms with van der Waals surface area (Å²) in [6.45, 7) is 3.45. The fraction of sp³-hybridized carbons (Fsp3) is 0.438. The van der Waals surface area contributed by atoms with Crippen molar-refractivity contribution in [2.45, 2.75) is 25.7 Å². The third kappa shape index (κ3) is 3.91. The molecule has 0 N–H and O–H groups in total. The number of alkyl halides is 3. The van der Waals surface area contributed by atoms with Gasteiger partial charge in [-0.25, -0.2) is 4.98 Å². The third-order valence-electron chi connectivity index (χ3n) is 3.88. The van der Waals surface area contributed by atoms with Gasteiger partial charge in [-0.15, -0.1) is 0 Å². The van der Waals surface area contributed by atoms with Crippen molar-refractivity contribution >= 4 is 5.82 Å². The Labute approximate surface area is 142 Å². The van der Waals surface area contributed by atoms with Crippen LogP contribution >= 0.6 is 0 Å². The van der Waals surface area contributed by atoms with Gasteiger partial charge < -0.3 is 9.64 Å². The Morgan fingerprint density at radius 3 is 2.84 bits per heavy atom. The van der Waals surface area contributed by atoms with E-state index in [0.29, 0.717) is 26.2 Å². The van der Waals surface area contributed by atoms with E-state index >= 15 is 0 Å². The number of halogens is 3. The lowest BCUT2D eigenvalue weighted by molar-refractivity contribution is -0.141. The summed E-state index contributed by atoms with van der Waals surface area (Å²) in [5, 5.41) is 13.4. The Kier molecular flexibility index (Phi) is 4.63. The maximum Gasteiger partial charge on any atom is 0.433 e. The summed E-state index contributed by atoms with van der Waals surface area (Å²) in [5.74, 6) is 0.0438. The molecule has 1 fully saturated rings. The Bertz CT molecular complexity index is 796. The summed E-state index contributed by atoms with van der Waals surface area (Å²) >= 11 is 0. The number of nitrogens with zero attached hydrogens (tertiary/aromatic N) is 5. The van der Waals surface area contributed by atoms with Gasteiger partial charge in [-0.05, 0) is 24.6 Å². The van der Waals surface area contributed by atoms with Crippen LogP contribution in [0.3, 0.4) is 0 Å². The second-order valence-corrected chi connectivity index (χ2v) is 5.86. The van der Waals surface area contributed by atoms with Crippen LogP contribution in [0, 0.1) is 18.3 Å². The van der Waals surface area contributed by atoms with E-state index in [9.17, 15) is 18.4 Å². The molecule has 0 aromatic carbocycles. The van der Waals surface area contributed by atoms with Gasteiger partial charge >= 0.3 is 6.18 Å². The van der Waals surface area contributed by atoms with Crippen LogP contribution in [-0.2, 0) is 17.5 Å². The molecule has 3 rings (SSSR count). The molecule has 25 heavy (non-hydrogen) atoms. The van der Waals surface area contributed by atoms with Crippen LogP contribution in [-0.4, -0.2) is 40.6 Å². The van der Waals surface area contributed by atoms with Gasteiger partial charge in [-0.3, -0.25) is 4.68 Å². The monoisotopic (exact) mass is 351 g/mol. The summed E-state index contributed by atoms with van der Waals surface area (Å²) in [5.41, 5.74) is 0.120. The number of hydrogen-bond donors (Lipinski definition) is 0. The second-order valence-electron chi connectivity index (χ2n) is 5.86. The van der Waals surface area contributed by atoms with Gasteiger partial charge in [-0.1, -0.05) is 0 Å². The van der Waals surface area contributed by atoms with Gasteiger partial charge in [0.25, 0.3) is 0 Å². The molecule has 0 aliphatic carbocycles. The first-order chi connectivity index (χ1) is 11.9. The van der Waals surface area contributed by atoms with Crippen LogP contribution in [0.1, 0.15) is 16.8 Å². The summed E-state index contributed by atoms with van der Waals surface area (Å²) in [7, 11) is 0. The maximum absolute atomic E-state index is 12.9. The molecule has 2 aromatic heterocycles. The Hall–Kier alpha value is -2.60. The van der Waals surface area contributed by atoms with Crippen molar-refractivity contribution in [2.24, 2.45) is 0 Å². The molecule has 132 valence electrons. The van der Waals surface area contributed by atoms with Crippen LogP contribution in [0.25, 0.3) is 0 Å². The predicted molar refractivity (Wildman–Crippen MR) is 82.9 cm³/mol. The van der Waals surface area contributed by atoms with Crippen LogP contribution in [0.5, 0.6) is 0 Å². The first-order valence-corrected chi connectivity index (χ1v) is 7.71. The van der Waals surface area contributed by atoms with Crippen LogP contribution in [0.15, 0.2) is 24.5 Å². The second kappa shape index (κ2) is 6.72. The molecule has 2 aromatic rings. The summed E-state index contributed by atoms with van der Waals surface area (Å²) in [6, 6.07) is 3.89. The molecule has 9 heteroatoms. The molecule has 1 aliphatic heterocycles. The molecule has 1 saturated heterocycles. The van der Waals surface area contributed by atoms with Gasteiger partial charge in [0.15, 0.2) is 0 Å². The van der Waals surface area contributed by atoms with Crippen molar-refractivity contribution in [1.29, 1.82) is 5.26 Å². The van der Waals surface area contributed by atoms with Crippen LogP contribution < -0.4 is 4.90 Å². The first-order valence-electron chi connectivity index (χ1n) is 7.71. The number of aryl methyl sites for hydroxylation is 1. The minimum absolute atomic E-state index is 0.0438. The van der Waals surface area contributed by atoms with E-state index in [0.717, 1.165) is 17.7 Å². The maximum atomic E-state index is 12.9. The number of rotatable bonds is 3. The zero-order valence-corrected chi connectivity index (χ0v) is 13.5. The quantitative estimate of drug-likeness (QED) is 0.849. The van der Waals surface area contributed by atoms with Gasteiger partial charge in [0.05, 0.1) is 31.0 Å². The number of anilines is 1. The molecular weight excluding hydrogens is 335 g/mol. The summed E-state index contributed by atoms with van der Waals surface area (Å²) < 4.78 is 46.2. The highest BCUT2D eigenvalue weighted by Gasteiger charge is 2.34. The molecule has 0 saturated carbocycles. The van der Waals surface area contributed by atoms with E-state index in [4.69, 9.17) is 4.74 Å². The lowest BCUT2D eigenvalue weighted by Gasteiger charge is -2.34. The zero-order valence-electron chi connectivity index (χ0n) is 13.5. The van der Waals surface area contributed by atoms with E-state index in [1.165, 1.54) is 0 Å². The minimum Gasteiger partial charge on any atom is -0.373 e. The minimum atomic E-state index is -4.55. The first kappa shape index (κ1) is 17.2. The predicted octanol–water partition coefficient (Wildman–Crippen LogP) is 2.38. The van der Waals surface area contributed by atoms with E-state index in [2.05, 4.69) is 10.1 Å². The molecule has 6 nitrogen and oxygen atoms in total. The lowest BCUT2D eigenvalue weighted by atomic mass is 10.2. The average Bonchev–Trinajstić information content (AvgIpc) is 2.98. The van der Waals surface area contributed by atoms with Crippen molar-refractivity contribution in [1.82, 2.24) is 14.8 Å². The molecule has 3 heterocycles. The number of nitriles is 1. The SMILES string of the molecule is Cc1cnn(CC2CN(c3nc(C(F)(F)F)ccc3C#N)CCO2)c1. The topological polar surface area (TPSA) is 67.0 Å². The van der Waals surface area contributed by atoms with Crippen LogP contribution in [0.4, 0.5) is 19.0 Å². The van der Waals surface area contributed by atoms with Gasteiger partial charge in [-0.2, -0.15) is 23.5 Å². The highest BCUT2D eigenvalue weighted by molar-refractivity contribution is 5.55. The highest BCUT2D eigenvalue weighted by atomic mass is 19.4. The molecule has 0 radical (unpaired) electrons. The van der Waals surface area contributed by atoms with Crippen molar-refractivity contribution in [3.63, 3.8) is 0 Å². The number of hydrogen-bond acceptors (Lipinski definition) is 5. The molecular formula is C16H16F3N5O. The van der Waals surface area contributed by atoms with E-state index in [1.807, 2.05) is 19.2 Å². The Balaban J connectivity index is 1.82. The molecule has 0 bridgehead atoms. The zero-order chi connectivity index (χ0) is 18.0. The van der Waals surface area contributed by atoms with Crippen molar-refractivity contribution in [3.8, 4) is 6.07 Å².